The van der Waals surface area contributed by atoms with Crippen LogP contribution in [-0.2, 0) is 17.8 Å². The Morgan fingerprint density at radius 3 is 2.85 bits per heavy atom. The highest BCUT2D eigenvalue weighted by atomic mass is 16.1. The number of aromatic nitrogens is 2. The van der Waals surface area contributed by atoms with Gasteiger partial charge in [0.2, 0.25) is 5.91 Å². The van der Waals surface area contributed by atoms with Crippen LogP contribution < -0.4 is 10.6 Å². The van der Waals surface area contributed by atoms with Gasteiger partial charge in [0.25, 0.3) is 0 Å². The monoisotopic (exact) mass is 280 g/mol. The van der Waals surface area contributed by atoms with E-state index in [2.05, 4.69) is 36.4 Å². The Hall–Kier alpha value is -1.36. The topological polar surface area (TPSA) is 59.0 Å². The molecular weight excluding hydrogens is 252 g/mol. The fraction of sp³-hybridized carbons (Fsp3) is 0.733. The summed E-state index contributed by atoms with van der Waals surface area (Å²) < 4.78 is 1.85. The lowest BCUT2D eigenvalue weighted by atomic mass is 10.1. The first-order valence-electron chi connectivity index (χ1n) is 7.60. The second-order valence-corrected chi connectivity index (χ2v) is 5.57. The largest absolute Gasteiger partial charge is 0.355 e. The van der Waals surface area contributed by atoms with Gasteiger partial charge in [0.05, 0.1) is 12.0 Å². The van der Waals surface area contributed by atoms with E-state index in [4.69, 9.17) is 0 Å². The van der Waals surface area contributed by atoms with E-state index in [-0.39, 0.29) is 5.91 Å². The molecule has 1 rings (SSSR count). The molecule has 5 heteroatoms. The average Bonchev–Trinajstić information content (AvgIpc) is 2.82. The first-order chi connectivity index (χ1) is 9.61. The molecule has 0 saturated heterocycles. The van der Waals surface area contributed by atoms with Crippen LogP contribution in [0.4, 0.5) is 0 Å². The van der Waals surface area contributed by atoms with Gasteiger partial charge in [0, 0.05) is 25.7 Å². The number of rotatable bonds is 10. The zero-order valence-corrected chi connectivity index (χ0v) is 13.0. The Kier molecular flexibility index (Phi) is 7.95. The molecule has 0 atom stereocenters. The molecule has 0 aromatic carbocycles. The molecule has 1 heterocycles. The maximum Gasteiger partial charge on any atom is 0.239 e. The minimum absolute atomic E-state index is 0.0544. The van der Waals surface area contributed by atoms with Crippen LogP contribution in [0.25, 0.3) is 0 Å². The maximum atomic E-state index is 11.7. The van der Waals surface area contributed by atoms with Crippen molar-refractivity contribution < 1.29 is 4.79 Å². The van der Waals surface area contributed by atoms with E-state index >= 15 is 0 Å². The molecule has 1 aromatic rings. The van der Waals surface area contributed by atoms with E-state index in [0.29, 0.717) is 12.5 Å². The van der Waals surface area contributed by atoms with Crippen LogP contribution in [0.2, 0.25) is 0 Å². The van der Waals surface area contributed by atoms with Crippen LogP contribution in [0.3, 0.4) is 0 Å². The molecule has 0 fully saturated rings. The third kappa shape index (κ3) is 7.28. The van der Waals surface area contributed by atoms with Crippen molar-refractivity contribution in [3.63, 3.8) is 0 Å². The van der Waals surface area contributed by atoms with Crippen LogP contribution in [0.1, 0.15) is 39.3 Å². The third-order valence-corrected chi connectivity index (χ3v) is 3.04. The molecule has 2 N–H and O–H groups in total. The predicted octanol–water partition coefficient (Wildman–Crippen LogP) is 1.59. The molecular formula is C15H28N4O. The van der Waals surface area contributed by atoms with Gasteiger partial charge in [-0.15, -0.1) is 0 Å². The Balaban J connectivity index is 2.23. The molecule has 0 aliphatic rings. The molecule has 1 amide bonds. The summed E-state index contributed by atoms with van der Waals surface area (Å²) in [6.07, 6.45) is 6.75. The van der Waals surface area contributed by atoms with Crippen LogP contribution in [0.15, 0.2) is 12.5 Å². The molecule has 1 aromatic heterocycles. The number of imidazole rings is 1. The zero-order valence-electron chi connectivity index (χ0n) is 13.0. The Morgan fingerprint density at radius 2 is 2.15 bits per heavy atom. The van der Waals surface area contributed by atoms with Crippen LogP contribution in [-0.4, -0.2) is 35.1 Å². The first-order valence-corrected chi connectivity index (χ1v) is 7.60. The average molecular weight is 280 g/mol. The molecule has 5 nitrogen and oxygen atoms in total. The molecule has 0 radical (unpaired) electrons. The van der Waals surface area contributed by atoms with Gasteiger partial charge in [-0.05, 0) is 25.3 Å². The lowest BCUT2D eigenvalue weighted by Crippen LogP contribution is -2.28. The quantitative estimate of drug-likeness (QED) is 0.640. The molecule has 0 aliphatic heterocycles. The van der Waals surface area contributed by atoms with Gasteiger partial charge in [-0.1, -0.05) is 20.8 Å². The van der Waals surface area contributed by atoms with Gasteiger partial charge in [-0.2, -0.15) is 0 Å². The fourth-order valence-corrected chi connectivity index (χ4v) is 1.86. The van der Waals surface area contributed by atoms with Gasteiger partial charge < -0.3 is 15.2 Å². The van der Waals surface area contributed by atoms with E-state index in [1.165, 1.54) is 0 Å². The van der Waals surface area contributed by atoms with E-state index in [1.54, 1.807) is 6.33 Å². The van der Waals surface area contributed by atoms with Crippen LogP contribution in [0.5, 0.6) is 0 Å². The highest BCUT2D eigenvalue weighted by molar-refractivity contribution is 5.75. The van der Waals surface area contributed by atoms with E-state index in [1.807, 2.05) is 10.8 Å². The van der Waals surface area contributed by atoms with Gasteiger partial charge in [-0.3, -0.25) is 4.79 Å². The van der Waals surface area contributed by atoms with Crippen molar-refractivity contribution in [3.05, 3.63) is 18.2 Å². The van der Waals surface area contributed by atoms with E-state index in [9.17, 15) is 4.79 Å². The first kappa shape index (κ1) is 16.7. The second kappa shape index (κ2) is 9.53. The van der Waals surface area contributed by atoms with Gasteiger partial charge in [0.15, 0.2) is 0 Å². The summed E-state index contributed by atoms with van der Waals surface area (Å²) in [5.41, 5.74) is 1.03. The van der Waals surface area contributed by atoms with Crippen molar-refractivity contribution in [2.75, 3.05) is 19.6 Å². The van der Waals surface area contributed by atoms with Crippen molar-refractivity contribution in [2.45, 2.75) is 46.6 Å². The number of nitrogens with one attached hydrogen (secondary N) is 2. The van der Waals surface area contributed by atoms with Crippen molar-refractivity contribution in [2.24, 2.45) is 5.92 Å². The van der Waals surface area contributed by atoms with Gasteiger partial charge >= 0.3 is 0 Å². The van der Waals surface area contributed by atoms with Gasteiger partial charge in [0.1, 0.15) is 6.54 Å². The zero-order chi connectivity index (χ0) is 14.8. The summed E-state index contributed by atoms with van der Waals surface area (Å²) in [7, 11) is 0. The fourth-order valence-electron chi connectivity index (χ4n) is 1.86. The van der Waals surface area contributed by atoms with Crippen molar-refractivity contribution in [3.8, 4) is 0 Å². The number of nitrogens with zero attached hydrogens (tertiary/aromatic N) is 2. The summed E-state index contributed by atoms with van der Waals surface area (Å²) >= 11 is 0. The number of carbonyl (C=O) groups is 1. The lowest BCUT2D eigenvalue weighted by molar-refractivity contribution is -0.121. The van der Waals surface area contributed by atoms with Crippen molar-refractivity contribution in [1.82, 2.24) is 20.2 Å². The molecule has 0 unspecified atom stereocenters. The van der Waals surface area contributed by atoms with Crippen molar-refractivity contribution in [1.29, 1.82) is 0 Å². The van der Waals surface area contributed by atoms with Crippen LogP contribution in [0, 0.1) is 5.92 Å². The van der Waals surface area contributed by atoms with E-state index in [0.717, 1.165) is 44.6 Å². The molecule has 0 aliphatic carbocycles. The Morgan fingerprint density at radius 1 is 1.35 bits per heavy atom. The third-order valence-electron chi connectivity index (χ3n) is 3.04. The smallest absolute Gasteiger partial charge is 0.239 e. The van der Waals surface area contributed by atoms with Gasteiger partial charge in [-0.25, -0.2) is 4.98 Å². The SMILES string of the molecule is CCCNCCc1cn(CC(=O)NCCC(C)C)cn1. The number of amides is 1. The van der Waals surface area contributed by atoms with Crippen molar-refractivity contribution >= 4 is 5.91 Å². The number of carbonyl (C=O) groups excluding carboxylic acids is 1. The Bertz CT molecular complexity index is 387. The summed E-state index contributed by atoms with van der Waals surface area (Å²) in [5.74, 6) is 0.671. The van der Waals surface area contributed by atoms with Crippen LogP contribution >= 0.6 is 0 Å². The highest BCUT2D eigenvalue weighted by Crippen LogP contribution is 1.98. The summed E-state index contributed by atoms with van der Waals surface area (Å²) in [4.78, 5) is 16.0. The number of hydrogen-bond acceptors (Lipinski definition) is 3. The molecule has 20 heavy (non-hydrogen) atoms. The number of hydrogen-bond donors (Lipinski definition) is 2. The summed E-state index contributed by atoms with van der Waals surface area (Å²) in [6, 6.07) is 0. The highest BCUT2D eigenvalue weighted by Gasteiger charge is 2.04. The summed E-state index contributed by atoms with van der Waals surface area (Å²) in [6.45, 7) is 9.54. The normalized spacial score (nSPS) is 11.0. The minimum atomic E-state index is 0.0544. The van der Waals surface area contributed by atoms with E-state index < -0.39 is 0 Å². The molecule has 114 valence electrons. The Labute approximate surface area is 122 Å². The molecule has 0 saturated carbocycles. The molecule has 0 bridgehead atoms. The summed E-state index contributed by atoms with van der Waals surface area (Å²) in [5, 5.41) is 6.28. The standard InChI is InChI=1S/C15H28N4O/c1-4-7-16-8-6-14-10-19(12-18-14)11-15(20)17-9-5-13(2)3/h10,12-13,16H,4-9,11H2,1-3H3,(H,17,20). The lowest BCUT2D eigenvalue weighted by Gasteiger charge is -2.07. The maximum absolute atomic E-state index is 11.7. The second-order valence-electron chi connectivity index (χ2n) is 5.57. The minimum Gasteiger partial charge on any atom is -0.355 e. The predicted molar refractivity (Wildman–Crippen MR) is 81.6 cm³/mol. The molecule has 0 spiro atoms.